The van der Waals surface area contributed by atoms with Gasteiger partial charge in [0.05, 0.1) is 6.61 Å². The lowest BCUT2D eigenvalue weighted by Gasteiger charge is -2.34. The third-order valence-corrected chi connectivity index (χ3v) is 7.71. The minimum Gasteiger partial charge on any atom is -0.462 e. The van der Waals surface area contributed by atoms with Gasteiger partial charge < -0.3 is 24.4 Å². The molecule has 1 aliphatic heterocycles. The summed E-state index contributed by atoms with van der Waals surface area (Å²) in [6.07, 6.45) is 2.89. The van der Waals surface area contributed by atoms with Gasteiger partial charge in [-0.15, -0.1) is 0 Å². The summed E-state index contributed by atoms with van der Waals surface area (Å²) in [6, 6.07) is 4.84. The molecule has 0 bridgehead atoms. The van der Waals surface area contributed by atoms with Gasteiger partial charge in [0.2, 0.25) is 0 Å². The Balaban J connectivity index is 1.83. The van der Waals surface area contributed by atoms with E-state index in [0.717, 1.165) is 24.3 Å². The largest absolute Gasteiger partial charge is 0.462 e. The van der Waals surface area contributed by atoms with Crippen LogP contribution in [-0.2, 0) is 20.9 Å². The second kappa shape index (κ2) is 11.6. The van der Waals surface area contributed by atoms with Crippen molar-refractivity contribution in [1.29, 1.82) is 0 Å². The fourth-order valence-electron chi connectivity index (χ4n) is 4.12. The molecule has 0 saturated carbocycles. The highest BCUT2D eigenvalue weighted by atomic mass is 28.3. The molecule has 0 spiro atoms. The molecule has 3 rings (SSSR count). The molecule has 2 aromatic heterocycles. The fourth-order valence-corrected chi connectivity index (χ4v) is 4.88. The van der Waals surface area contributed by atoms with Crippen LogP contribution in [0.1, 0.15) is 50.9 Å². The molecule has 1 fully saturated rings. The zero-order chi connectivity index (χ0) is 26.5. The summed E-state index contributed by atoms with van der Waals surface area (Å²) in [5.41, 5.74) is 0.634. The predicted octanol–water partition coefficient (Wildman–Crippen LogP) is 5.34. The number of piperidine rings is 1. The van der Waals surface area contributed by atoms with E-state index < -0.39 is 13.7 Å². The van der Waals surface area contributed by atoms with Crippen LogP contribution >= 0.6 is 0 Å². The maximum Gasteiger partial charge on any atom is 0.410 e. The van der Waals surface area contributed by atoms with E-state index in [2.05, 4.69) is 29.9 Å². The summed E-state index contributed by atoms with van der Waals surface area (Å²) in [5.74, 6) is 0.274. The second-order valence-electron chi connectivity index (χ2n) is 11.5. The van der Waals surface area contributed by atoms with Gasteiger partial charge in [-0.3, -0.25) is 4.57 Å². The number of nitrogens with zero attached hydrogens (tertiary/aromatic N) is 3. The number of hydrogen-bond acceptors (Lipinski definition) is 7. The Morgan fingerprint density at radius 2 is 1.89 bits per heavy atom. The number of aromatic nitrogens is 2. The molecule has 1 amide bonds. The first-order valence-corrected chi connectivity index (χ1v) is 16.6. The Hall–Kier alpha value is -2.59. The molecule has 0 radical (unpaired) electrons. The number of anilines is 1. The number of carbonyl (C=O) groups excluding carboxylic acids is 2. The van der Waals surface area contributed by atoms with Crippen LogP contribution in [0.5, 0.6) is 0 Å². The number of ether oxygens (including phenoxy) is 3. The lowest BCUT2D eigenvalue weighted by molar-refractivity contribution is 0.0210. The Kier molecular flexibility index (Phi) is 9.05. The van der Waals surface area contributed by atoms with Crippen molar-refractivity contribution >= 4 is 37.0 Å². The normalized spacial score (nSPS) is 15.2. The van der Waals surface area contributed by atoms with E-state index >= 15 is 0 Å². The molecule has 9 nitrogen and oxygen atoms in total. The smallest absolute Gasteiger partial charge is 0.410 e. The van der Waals surface area contributed by atoms with E-state index in [1.54, 1.807) is 18.0 Å². The van der Waals surface area contributed by atoms with Crippen LogP contribution in [0.4, 0.5) is 10.6 Å². The maximum absolute atomic E-state index is 13.1. The van der Waals surface area contributed by atoms with E-state index in [0.29, 0.717) is 36.7 Å². The van der Waals surface area contributed by atoms with Gasteiger partial charge in [0.1, 0.15) is 29.4 Å². The summed E-state index contributed by atoms with van der Waals surface area (Å²) in [7, 11) is -1.23. The van der Waals surface area contributed by atoms with Crippen LogP contribution in [-0.4, -0.2) is 72.5 Å². The summed E-state index contributed by atoms with van der Waals surface area (Å²) in [4.78, 5) is 31.9. The molecule has 0 atom stereocenters. The van der Waals surface area contributed by atoms with E-state index in [1.807, 2.05) is 37.5 Å². The molecule has 1 aliphatic rings. The zero-order valence-corrected chi connectivity index (χ0v) is 23.8. The molecule has 36 heavy (non-hydrogen) atoms. The molecular weight excluding hydrogens is 476 g/mol. The lowest BCUT2D eigenvalue weighted by Crippen LogP contribution is -2.44. The first-order chi connectivity index (χ1) is 16.9. The molecule has 10 heteroatoms. The van der Waals surface area contributed by atoms with Gasteiger partial charge >= 0.3 is 12.1 Å². The standard InChI is InChI=1S/C26H42N4O5Si/c1-8-34-24(31)21-20-10-9-13-27-22(20)30(18-33-16-17-36(5,6)7)23(21)28-19-11-14-29(15-12-19)25(32)35-26(2,3)4/h9-10,13,19,28H,8,11-12,14-18H2,1-7H3. The highest BCUT2D eigenvalue weighted by Crippen LogP contribution is 2.32. The van der Waals surface area contributed by atoms with Gasteiger partial charge in [-0.1, -0.05) is 19.6 Å². The van der Waals surface area contributed by atoms with Crippen LogP contribution in [0.15, 0.2) is 18.3 Å². The van der Waals surface area contributed by atoms with Crippen LogP contribution in [0.3, 0.4) is 0 Å². The Morgan fingerprint density at radius 1 is 1.19 bits per heavy atom. The molecule has 0 aromatic carbocycles. The van der Waals surface area contributed by atoms with Crippen molar-refractivity contribution in [3.63, 3.8) is 0 Å². The number of rotatable bonds is 9. The molecule has 2 aromatic rings. The van der Waals surface area contributed by atoms with E-state index in [9.17, 15) is 9.59 Å². The third kappa shape index (κ3) is 7.46. The monoisotopic (exact) mass is 518 g/mol. The quantitative estimate of drug-likeness (QED) is 0.272. The van der Waals surface area contributed by atoms with Crippen LogP contribution in [0.25, 0.3) is 11.0 Å². The summed E-state index contributed by atoms with van der Waals surface area (Å²) in [6.45, 7) is 16.7. The Morgan fingerprint density at radius 3 is 2.50 bits per heavy atom. The van der Waals surface area contributed by atoms with Crippen molar-refractivity contribution in [2.75, 3.05) is 31.6 Å². The van der Waals surface area contributed by atoms with E-state index in [1.165, 1.54) is 0 Å². The number of carbonyl (C=O) groups is 2. The van der Waals surface area contributed by atoms with Gasteiger partial charge in [0.15, 0.2) is 0 Å². The predicted molar refractivity (Wildman–Crippen MR) is 144 cm³/mol. The summed E-state index contributed by atoms with van der Waals surface area (Å²) in [5, 5.41) is 4.32. The minimum atomic E-state index is -1.23. The van der Waals surface area contributed by atoms with Crippen LogP contribution in [0.2, 0.25) is 25.7 Å². The average molecular weight is 519 g/mol. The SMILES string of the molecule is CCOC(=O)c1c(NC2CCN(C(=O)OC(C)(C)C)CC2)n(COCC[Si](C)(C)C)c2ncccc12. The number of esters is 1. The molecule has 200 valence electrons. The summed E-state index contributed by atoms with van der Waals surface area (Å²) < 4.78 is 19.0. The van der Waals surface area contributed by atoms with Gasteiger partial charge in [0.25, 0.3) is 0 Å². The van der Waals surface area contributed by atoms with Crippen LogP contribution in [0, 0.1) is 0 Å². The van der Waals surface area contributed by atoms with Gasteiger partial charge in [-0.2, -0.15) is 0 Å². The molecular formula is C26H42N4O5Si. The first kappa shape index (κ1) is 28.0. The second-order valence-corrected chi connectivity index (χ2v) is 17.1. The van der Waals surface area contributed by atoms with Crippen molar-refractivity contribution in [2.45, 2.75) is 84.6 Å². The van der Waals surface area contributed by atoms with Crippen molar-refractivity contribution in [2.24, 2.45) is 0 Å². The number of nitrogens with one attached hydrogen (secondary N) is 1. The maximum atomic E-state index is 13.1. The zero-order valence-electron chi connectivity index (χ0n) is 22.8. The van der Waals surface area contributed by atoms with E-state index in [4.69, 9.17) is 14.2 Å². The molecule has 1 saturated heterocycles. The Labute approximate surface area is 215 Å². The molecule has 3 heterocycles. The fraction of sp³-hybridized carbons (Fsp3) is 0.654. The minimum absolute atomic E-state index is 0.0712. The Bertz CT molecular complexity index is 1050. The molecule has 0 aliphatic carbocycles. The van der Waals surface area contributed by atoms with Gasteiger partial charge in [0, 0.05) is 45.4 Å². The molecule has 1 N–H and O–H groups in total. The van der Waals surface area contributed by atoms with Gasteiger partial charge in [-0.25, -0.2) is 14.6 Å². The highest BCUT2D eigenvalue weighted by molar-refractivity contribution is 6.76. The van der Waals surface area contributed by atoms with Crippen molar-refractivity contribution < 1.29 is 23.8 Å². The first-order valence-electron chi connectivity index (χ1n) is 12.9. The number of fused-ring (bicyclic) bond motifs is 1. The van der Waals surface area contributed by atoms with E-state index in [-0.39, 0.29) is 31.4 Å². The number of pyridine rings is 1. The number of likely N-dealkylation sites (tertiary alicyclic amines) is 1. The lowest BCUT2D eigenvalue weighted by atomic mass is 10.0. The molecule has 0 unspecified atom stereocenters. The van der Waals surface area contributed by atoms with Gasteiger partial charge in [-0.05, 0) is 58.7 Å². The highest BCUT2D eigenvalue weighted by Gasteiger charge is 2.30. The third-order valence-electron chi connectivity index (χ3n) is 6.00. The number of hydrogen-bond donors (Lipinski definition) is 1. The van der Waals surface area contributed by atoms with Crippen molar-refractivity contribution in [1.82, 2.24) is 14.5 Å². The van der Waals surface area contributed by atoms with Crippen molar-refractivity contribution in [3.05, 3.63) is 23.9 Å². The van der Waals surface area contributed by atoms with Crippen molar-refractivity contribution in [3.8, 4) is 0 Å². The van der Waals surface area contributed by atoms with Crippen LogP contribution < -0.4 is 5.32 Å². The topological polar surface area (TPSA) is 94.9 Å². The number of amides is 1. The summed E-state index contributed by atoms with van der Waals surface area (Å²) >= 11 is 0. The average Bonchev–Trinajstić information content (AvgIpc) is 3.08.